The highest BCUT2D eigenvalue weighted by Gasteiger charge is 2.43. The van der Waals surface area contributed by atoms with E-state index < -0.39 is 5.60 Å². The van der Waals surface area contributed by atoms with Gasteiger partial charge in [0.15, 0.2) is 5.78 Å². The number of methoxy groups -OCH3 is 3. The molecule has 2 aliphatic rings. The van der Waals surface area contributed by atoms with Gasteiger partial charge in [0, 0.05) is 37.6 Å². The highest BCUT2D eigenvalue weighted by atomic mass is 16.5. The van der Waals surface area contributed by atoms with E-state index in [0.717, 1.165) is 5.56 Å². The molecule has 2 heterocycles. The number of rotatable bonds is 5. The minimum Gasteiger partial charge on any atom is -0.497 e. The average molecular weight is 437 g/mol. The summed E-state index contributed by atoms with van der Waals surface area (Å²) in [6, 6.07) is 10.7. The van der Waals surface area contributed by atoms with Crippen LogP contribution in [0.15, 0.2) is 42.5 Å². The molecule has 7 heteroatoms. The van der Waals surface area contributed by atoms with Crippen LogP contribution in [0, 0.1) is 0 Å². The molecule has 2 aromatic rings. The van der Waals surface area contributed by atoms with Crippen LogP contribution in [0.3, 0.4) is 0 Å². The van der Waals surface area contributed by atoms with Gasteiger partial charge in [-0.15, -0.1) is 0 Å². The number of fused-ring (bicyclic) bond motifs is 1. The molecule has 0 radical (unpaired) electrons. The summed E-state index contributed by atoms with van der Waals surface area (Å²) in [5.74, 6) is 2.54. The Morgan fingerprint density at radius 2 is 1.69 bits per heavy atom. The first-order valence-corrected chi connectivity index (χ1v) is 10.6. The monoisotopic (exact) mass is 437 g/mol. The van der Waals surface area contributed by atoms with E-state index in [-0.39, 0.29) is 11.7 Å². The first-order valence-electron chi connectivity index (χ1n) is 10.6. The molecule has 0 aliphatic carbocycles. The van der Waals surface area contributed by atoms with Gasteiger partial charge in [-0.05, 0) is 42.5 Å². The summed E-state index contributed by atoms with van der Waals surface area (Å²) in [6.45, 7) is 1.05. The van der Waals surface area contributed by atoms with Gasteiger partial charge < -0.3 is 23.8 Å². The van der Waals surface area contributed by atoms with Gasteiger partial charge in [-0.3, -0.25) is 9.59 Å². The summed E-state index contributed by atoms with van der Waals surface area (Å²) < 4.78 is 22.1. The smallest absolute Gasteiger partial charge is 0.246 e. The van der Waals surface area contributed by atoms with Crippen molar-refractivity contribution in [3.63, 3.8) is 0 Å². The zero-order valence-electron chi connectivity index (χ0n) is 18.6. The number of ketones is 1. The Labute approximate surface area is 187 Å². The molecule has 1 spiro atoms. The van der Waals surface area contributed by atoms with Gasteiger partial charge in [0.05, 0.1) is 33.3 Å². The molecular formula is C25H27NO6. The van der Waals surface area contributed by atoms with Crippen molar-refractivity contribution in [2.24, 2.45) is 0 Å². The fourth-order valence-electron chi connectivity index (χ4n) is 4.25. The van der Waals surface area contributed by atoms with E-state index in [2.05, 4.69) is 0 Å². The third-order valence-electron chi connectivity index (χ3n) is 6.13. The van der Waals surface area contributed by atoms with Crippen LogP contribution in [0.25, 0.3) is 6.08 Å². The average Bonchev–Trinajstić information content (AvgIpc) is 2.82. The minimum atomic E-state index is -0.560. The van der Waals surface area contributed by atoms with E-state index in [0.29, 0.717) is 60.9 Å². The van der Waals surface area contributed by atoms with Crippen molar-refractivity contribution in [2.45, 2.75) is 24.9 Å². The minimum absolute atomic E-state index is 0.0509. The lowest BCUT2D eigenvalue weighted by molar-refractivity contribution is -0.129. The third kappa shape index (κ3) is 4.28. The number of Topliss-reactive ketones (excluding diaryl/α,β-unsaturated/α-hetero) is 1. The lowest BCUT2D eigenvalue weighted by Gasteiger charge is -2.43. The van der Waals surface area contributed by atoms with Crippen molar-refractivity contribution in [2.75, 3.05) is 34.4 Å². The summed E-state index contributed by atoms with van der Waals surface area (Å²) in [5, 5.41) is 0. The zero-order valence-corrected chi connectivity index (χ0v) is 18.6. The number of likely N-dealkylation sites (tertiary alicyclic amines) is 1. The largest absolute Gasteiger partial charge is 0.497 e. The van der Waals surface area contributed by atoms with Crippen LogP contribution < -0.4 is 18.9 Å². The second kappa shape index (κ2) is 8.94. The summed E-state index contributed by atoms with van der Waals surface area (Å²) in [6.07, 6.45) is 4.80. The van der Waals surface area contributed by atoms with Gasteiger partial charge in [0.1, 0.15) is 28.6 Å². The number of benzene rings is 2. The highest BCUT2D eigenvalue weighted by molar-refractivity contribution is 6.00. The van der Waals surface area contributed by atoms with Gasteiger partial charge in [-0.25, -0.2) is 0 Å². The standard InChI is InChI=1S/C25H27NO6/c1-29-18-5-7-22(31-3)17(14-18)4-9-24(28)26-12-10-25(11-13-26)16-21(27)20-15-19(30-2)6-8-23(20)32-25/h4-9,14-15H,10-13,16H2,1-3H3/b9-4+. The van der Waals surface area contributed by atoms with Gasteiger partial charge >= 0.3 is 0 Å². The molecule has 0 saturated carbocycles. The molecule has 32 heavy (non-hydrogen) atoms. The molecule has 0 aromatic heterocycles. The molecule has 0 atom stereocenters. The van der Waals surface area contributed by atoms with Gasteiger partial charge in [-0.2, -0.15) is 0 Å². The summed E-state index contributed by atoms with van der Waals surface area (Å²) >= 11 is 0. The number of ether oxygens (including phenoxy) is 4. The second-order valence-electron chi connectivity index (χ2n) is 8.01. The molecule has 0 unspecified atom stereocenters. The van der Waals surface area contributed by atoms with Crippen LogP contribution in [0.1, 0.15) is 35.2 Å². The molecule has 4 rings (SSSR count). The van der Waals surface area contributed by atoms with Crippen molar-refractivity contribution in [1.29, 1.82) is 0 Å². The summed E-state index contributed by atoms with van der Waals surface area (Å²) in [7, 11) is 4.75. The molecule has 1 fully saturated rings. The molecule has 0 N–H and O–H groups in total. The quantitative estimate of drug-likeness (QED) is 0.664. The third-order valence-corrected chi connectivity index (χ3v) is 6.13. The van der Waals surface area contributed by atoms with E-state index >= 15 is 0 Å². The Morgan fingerprint density at radius 1 is 1.00 bits per heavy atom. The van der Waals surface area contributed by atoms with Crippen molar-refractivity contribution >= 4 is 17.8 Å². The summed E-state index contributed by atoms with van der Waals surface area (Å²) in [5.41, 5.74) is 0.764. The second-order valence-corrected chi connectivity index (χ2v) is 8.01. The molecule has 2 aromatic carbocycles. The first kappa shape index (κ1) is 21.7. The molecule has 1 saturated heterocycles. The van der Waals surface area contributed by atoms with Crippen LogP contribution in [0.5, 0.6) is 23.0 Å². The summed E-state index contributed by atoms with van der Waals surface area (Å²) in [4.78, 5) is 27.3. The predicted octanol–water partition coefficient (Wildman–Crippen LogP) is 3.75. The van der Waals surface area contributed by atoms with E-state index in [9.17, 15) is 9.59 Å². The van der Waals surface area contributed by atoms with E-state index in [1.807, 2.05) is 12.1 Å². The predicted molar refractivity (Wildman–Crippen MR) is 120 cm³/mol. The van der Waals surface area contributed by atoms with Crippen molar-refractivity contribution in [3.8, 4) is 23.0 Å². The number of piperidine rings is 1. The number of carbonyl (C=O) groups excluding carboxylic acids is 2. The molecule has 0 bridgehead atoms. The Morgan fingerprint density at radius 3 is 2.38 bits per heavy atom. The highest BCUT2D eigenvalue weighted by Crippen LogP contribution is 2.40. The van der Waals surface area contributed by atoms with Gasteiger partial charge in [0.25, 0.3) is 0 Å². The van der Waals surface area contributed by atoms with Crippen LogP contribution >= 0.6 is 0 Å². The molecule has 168 valence electrons. The first-order chi connectivity index (χ1) is 15.5. The lowest BCUT2D eigenvalue weighted by atomic mass is 9.82. The van der Waals surface area contributed by atoms with Gasteiger partial charge in [0.2, 0.25) is 5.91 Å². The number of carbonyl (C=O) groups is 2. The normalized spacial score (nSPS) is 17.1. The number of hydrogen-bond donors (Lipinski definition) is 0. The number of hydrogen-bond acceptors (Lipinski definition) is 6. The molecule has 7 nitrogen and oxygen atoms in total. The molecule has 1 amide bonds. The van der Waals surface area contributed by atoms with E-state index in [4.69, 9.17) is 18.9 Å². The maximum Gasteiger partial charge on any atom is 0.246 e. The topological polar surface area (TPSA) is 74.3 Å². The maximum absolute atomic E-state index is 12.8. The van der Waals surface area contributed by atoms with Crippen LogP contribution in [-0.2, 0) is 4.79 Å². The van der Waals surface area contributed by atoms with E-state index in [1.54, 1.807) is 62.6 Å². The van der Waals surface area contributed by atoms with Crippen molar-refractivity contribution in [3.05, 3.63) is 53.6 Å². The van der Waals surface area contributed by atoms with Crippen LogP contribution in [-0.4, -0.2) is 56.6 Å². The Balaban J connectivity index is 1.42. The van der Waals surface area contributed by atoms with Gasteiger partial charge in [-0.1, -0.05) is 0 Å². The Bertz CT molecular complexity index is 1050. The molecule has 2 aliphatic heterocycles. The van der Waals surface area contributed by atoms with Crippen LogP contribution in [0.4, 0.5) is 0 Å². The maximum atomic E-state index is 12.8. The number of nitrogens with zero attached hydrogens (tertiary/aromatic N) is 1. The van der Waals surface area contributed by atoms with Crippen molar-refractivity contribution < 1.29 is 28.5 Å². The zero-order chi connectivity index (χ0) is 22.7. The lowest BCUT2D eigenvalue weighted by Crippen LogP contribution is -2.52. The SMILES string of the molecule is COc1ccc(OC)c(/C=C/C(=O)N2CCC3(CC2)CC(=O)c2cc(OC)ccc2O3)c1. The Kier molecular flexibility index (Phi) is 6.08. The fraction of sp³-hybridized carbons (Fsp3) is 0.360. The van der Waals surface area contributed by atoms with E-state index in [1.165, 1.54) is 0 Å². The number of amides is 1. The fourth-order valence-corrected chi connectivity index (χ4v) is 4.25. The van der Waals surface area contributed by atoms with Crippen molar-refractivity contribution in [1.82, 2.24) is 4.90 Å². The Hall–Kier alpha value is -3.48. The molecular weight excluding hydrogens is 410 g/mol. The van der Waals surface area contributed by atoms with Crippen LogP contribution in [0.2, 0.25) is 0 Å².